The Morgan fingerprint density at radius 2 is 1.65 bits per heavy atom. The zero-order chi connectivity index (χ0) is 13.1. The quantitative estimate of drug-likeness (QED) is 0.734. The van der Waals surface area contributed by atoms with Crippen molar-refractivity contribution in [1.29, 1.82) is 0 Å². The molecule has 96 valence electrons. The topological polar surface area (TPSA) is 9.23 Å². The first kappa shape index (κ1) is 14.2. The Kier molecular flexibility index (Phi) is 4.31. The second-order valence-electron chi connectivity index (χ2n) is 4.67. The Labute approximate surface area is 104 Å². The van der Waals surface area contributed by atoms with Crippen LogP contribution >= 0.6 is 11.6 Å². The summed E-state index contributed by atoms with van der Waals surface area (Å²) in [6.07, 6.45) is -3.93. The maximum absolute atomic E-state index is 11.9. The molecule has 1 rings (SSSR count). The maximum atomic E-state index is 11.9. The predicted octanol–water partition coefficient (Wildman–Crippen LogP) is 4.39. The molecule has 5 heteroatoms. The van der Waals surface area contributed by atoms with Crippen LogP contribution < -0.4 is 4.74 Å². The second-order valence-corrected chi connectivity index (χ2v) is 4.93. The average Bonchev–Trinajstić information content (AvgIpc) is 2.19. The molecule has 0 aliphatic carbocycles. The molecule has 0 unspecified atom stereocenters. The van der Waals surface area contributed by atoms with E-state index in [0.717, 1.165) is 5.56 Å². The van der Waals surface area contributed by atoms with E-state index in [4.69, 9.17) is 11.6 Å². The van der Waals surface area contributed by atoms with Gasteiger partial charge in [-0.05, 0) is 29.5 Å². The molecule has 0 aromatic heterocycles. The summed E-state index contributed by atoms with van der Waals surface area (Å²) in [5.74, 6) is 0.290. The number of benzene rings is 1. The highest BCUT2D eigenvalue weighted by Gasteiger charge is 2.31. The Balaban J connectivity index is 2.69. The third-order valence-electron chi connectivity index (χ3n) is 2.20. The third-order valence-corrected chi connectivity index (χ3v) is 2.92. The first-order valence-electron chi connectivity index (χ1n) is 5.12. The molecule has 0 saturated heterocycles. The molecule has 1 nitrogen and oxygen atoms in total. The zero-order valence-corrected chi connectivity index (χ0v) is 10.4. The molecule has 0 radical (unpaired) electrons. The smallest absolute Gasteiger partial charge is 0.406 e. The van der Waals surface area contributed by atoms with Crippen LogP contribution in [0.2, 0.25) is 0 Å². The van der Waals surface area contributed by atoms with E-state index in [1.54, 1.807) is 12.1 Å². The first-order chi connectivity index (χ1) is 7.72. The summed E-state index contributed by atoms with van der Waals surface area (Å²) in [7, 11) is 0. The van der Waals surface area contributed by atoms with Crippen molar-refractivity contribution >= 4 is 11.6 Å². The van der Waals surface area contributed by atoms with Crippen LogP contribution in [0.25, 0.3) is 0 Å². The van der Waals surface area contributed by atoms with E-state index in [0.29, 0.717) is 12.3 Å². The fourth-order valence-electron chi connectivity index (χ4n) is 1.41. The van der Waals surface area contributed by atoms with Crippen LogP contribution in [0.5, 0.6) is 5.75 Å². The molecule has 0 saturated carbocycles. The summed E-state index contributed by atoms with van der Waals surface area (Å²) >= 11 is 5.79. The summed E-state index contributed by atoms with van der Waals surface area (Å²) < 4.78 is 39.6. The minimum absolute atomic E-state index is 0.0754. The highest BCUT2D eigenvalue weighted by molar-refractivity contribution is 6.18. The van der Waals surface area contributed by atoms with Gasteiger partial charge in [0.1, 0.15) is 5.75 Å². The molecule has 0 fully saturated rings. The van der Waals surface area contributed by atoms with Crippen molar-refractivity contribution < 1.29 is 17.9 Å². The van der Waals surface area contributed by atoms with Gasteiger partial charge in [0, 0.05) is 5.88 Å². The van der Waals surface area contributed by atoms with E-state index in [2.05, 4.69) is 4.74 Å². The van der Waals surface area contributed by atoms with Crippen molar-refractivity contribution in [3.63, 3.8) is 0 Å². The lowest BCUT2D eigenvalue weighted by Crippen LogP contribution is -2.18. The lowest BCUT2D eigenvalue weighted by Gasteiger charge is -2.21. The monoisotopic (exact) mass is 266 g/mol. The molecule has 0 bridgehead atoms. The molecular weight excluding hydrogens is 253 g/mol. The largest absolute Gasteiger partial charge is 0.573 e. The van der Waals surface area contributed by atoms with Gasteiger partial charge in [-0.2, -0.15) is 0 Å². The summed E-state index contributed by atoms with van der Waals surface area (Å²) in [6, 6.07) is 5.87. The fourth-order valence-corrected chi connectivity index (χ4v) is 1.50. The summed E-state index contributed by atoms with van der Waals surface area (Å²) in [5, 5.41) is 0. The van der Waals surface area contributed by atoms with Crippen LogP contribution in [0, 0.1) is 5.41 Å². The molecule has 0 spiro atoms. The number of alkyl halides is 4. The predicted molar refractivity (Wildman–Crippen MR) is 61.3 cm³/mol. The number of halogens is 4. The van der Waals surface area contributed by atoms with E-state index in [1.807, 2.05) is 13.8 Å². The molecule has 17 heavy (non-hydrogen) atoms. The van der Waals surface area contributed by atoms with Gasteiger partial charge in [0.15, 0.2) is 0 Å². The Morgan fingerprint density at radius 1 is 1.12 bits per heavy atom. The van der Waals surface area contributed by atoms with Crippen molar-refractivity contribution in [3.05, 3.63) is 29.8 Å². The summed E-state index contributed by atoms with van der Waals surface area (Å²) in [6.45, 7) is 4.00. The third kappa shape index (κ3) is 5.31. The number of hydrogen-bond acceptors (Lipinski definition) is 1. The number of ether oxygens (including phenoxy) is 1. The van der Waals surface area contributed by atoms with Crippen LogP contribution in [0.3, 0.4) is 0 Å². The maximum Gasteiger partial charge on any atom is 0.573 e. The van der Waals surface area contributed by atoms with Crippen LogP contribution in [0.1, 0.15) is 19.4 Å². The van der Waals surface area contributed by atoms with Gasteiger partial charge in [0.25, 0.3) is 0 Å². The Hall–Kier alpha value is -0.900. The van der Waals surface area contributed by atoms with E-state index in [1.165, 1.54) is 12.1 Å². The van der Waals surface area contributed by atoms with Gasteiger partial charge >= 0.3 is 6.36 Å². The molecule has 0 heterocycles. The van der Waals surface area contributed by atoms with Crippen LogP contribution in [-0.2, 0) is 6.42 Å². The van der Waals surface area contributed by atoms with E-state index in [9.17, 15) is 13.2 Å². The Morgan fingerprint density at radius 3 is 2.06 bits per heavy atom. The minimum Gasteiger partial charge on any atom is -0.406 e. The van der Waals surface area contributed by atoms with Gasteiger partial charge in [-0.15, -0.1) is 24.8 Å². The molecule has 1 aromatic rings. The molecule has 0 N–H and O–H groups in total. The molecule has 0 atom stereocenters. The number of rotatable bonds is 4. The van der Waals surface area contributed by atoms with Gasteiger partial charge in [-0.25, -0.2) is 0 Å². The van der Waals surface area contributed by atoms with Crippen LogP contribution in [0.15, 0.2) is 24.3 Å². The number of hydrogen-bond donors (Lipinski definition) is 0. The molecule has 1 aromatic carbocycles. The van der Waals surface area contributed by atoms with Crippen LogP contribution in [-0.4, -0.2) is 12.2 Å². The standard InChI is InChI=1S/C12H14ClF3O/c1-11(2,8-13)7-9-3-5-10(6-4-9)17-12(14,15)16/h3-6H,7-8H2,1-2H3. The lowest BCUT2D eigenvalue weighted by atomic mass is 9.88. The van der Waals surface area contributed by atoms with Gasteiger partial charge in [0.2, 0.25) is 0 Å². The lowest BCUT2D eigenvalue weighted by molar-refractivity contribution is -0.274. The van der Waals surface area contributed by atoms with Gasteiger partial charge in [-0.3, -0.25) is 0 Å². The summed E-state index contributed by atoms with van der Waals surface area (Å²) in [5.41, 5.74) is 0.860. The van der Waals surface area contributed by atoms with Gasteiger partial charge in [0.05, 0.1) is 0 Å². The normalized spacial score (nSPS) is 12.6. The van der Waals surface area contributed by atoms with Crippen molar-refractivity contribution in [3.8, 4) is 5.75 Å². The van der Waals surface area contributed by atoms with E-state index < -0.39 is 6.36 Å². The average molecular weight is 267 g/mol. The molecule has 0 aliphatic rings. The highest BCUT2D eigenvalue weighted by atomic mass is 35.5. The second kappa shape index (κ2) is 5.17. The van der Waals surface area contributed by atoms with Crippen molar-refractivity contribution in [2.24, 2.45) is 5.41 Å². The highest BCUT2D eigenvalue weighted by Crippen LogP contribution is 2.26. The SMILES string of the molecule is CC(C)(CCl)Cc1ccc(OC(F)(F)F)cc1. The zero-order valence-electron chi connectivity index (χ0n) is 9.64. The van der Waals surface area contributed by atoms with Crippen LogP contribution in [0.4, 0.5) is 13.2 Å². The first-order valence-corrected chi connectivity index (χ1v) is 5.66. The Bertz CT molecular complexity index is 357. The van der Waals surface area contributed by atoms with Gasteiger partial charge in [-0.1, -0.05) is 26.0 Å². The van der Waals surface area contributed by atoms with E-state index in [-0.39, 0.29) is 11.2 Å². The molecule has 0 aliphatic heterocycles. The minimum atomic E-state index is -4.64. The van der Waals surface area contributed by atoms with Crippen molar-refractivity contribution in [2.75, 3.05) is 5.88 Å². The summed E-state index contributed by atoms with van der Waals surface area (Å²) in [4.78, 5) is 0. The fraction of sp³-hybridized carbons (Fsp3) is 0.500. The van der Waals surface area contributed by atoms with Crippen molar-refractivity contribution in [2.45, 2.75) is 26.6 Å². The van der Waals surface area contributed by atoms with Gasteiger partial charge < -0.3 is 4.74 Å². The van der Waals surface area contributed by atoms with Crippen molar-refractivity contribution in [1.82, 2.24) is 0 Å². The van der Waals surface area contributed by atoms with E-state index >= 15 is 0 Å². The molecular formula is C12H14ClF3O. The molecule has 0 amide bonds.